The van der Waals surface area contributed by atoms with E-state index in [1.807, 2.05) is 32.1 Å². The number of allylic oxidation sites excluding steroid dienone is 1. The largest absolute Gasteiger partial charge is 0.493 e. The fourth-order valence-electron chi connectivity index (χ4n) is 4.32. The average Bonchev–Trinajstić information content (AvgIpc) is 3.30. The molecule has 0 radical (unpaired) electrons. The molecule has 2 aromatic carbocycles. The Hall–Kier alpha value is -3.61. The van der Waals surface area contributed by atoms with Gasteiger partial charge in [-0.3, -0.25) is 9.36 Å². The van der Waals surface area contributed by atoms with Crippen LogP contribution in [0.4, 0.5) is 0 Å². The van der Waals surface area contributed by atoms with Crippen LogP contribution in [-0.2, 0) is 13.0 Å². The van der Waals surface area contributed by atoms with E-state index in [0.29, 0.717) is 36.3 Å². The van der Waals surface area contributed by atoms with Crippen molar-refractivity contribution < 1.29 is 19.4 Å². The number of carboxylic acid groups (broad SMARTS) is 1. The van der Waals surface area contributed by atoms with Crippen LogP contribution in [0.15, 0.2) is 35.1 Å². The molecule has 2 aliphatic rings. The summed E-state index contributed by atoms with van der Waals surface area (Å²) in [4.78, 5) is 29.0. The Morgan fingerprint density at radius 2 is 2.19 bits per heavy atom. The summed E-state index contributed by atoms with van der Waals surface area (Å²) in [5.74, 6) is 1.16. The molecule has 7 heteroatoms. The molecule has 0 saturated carbocycles. The SMILES string of the molecule is CCOc1cc2c(cc1C=C1CCn3c1nc1cc(C(=O)O)ccc1c3=O)OC(C)C2. The maximum atomic E-state index is 13.0. The highest BCUT2D eigenvalue weighted by Crippen LogP contribution is 2.38. The maximum absolute atomic E-state index is 13.0. The number of aromatic nitrogens is 2. The second-order valence-electron chi connectivity index (χ2n) is 7.91. The second kappa shape index (κ2) is 7.27. The number of fused-ring (bicyclic) bond motifs is 3. The zero-order valence-corrected chi connectivity index (χ0v) is 17.3. The van der Waals surface area contributed by atoms with Gasteiger partial charge in [0, 0.05) is 24.1 Å². The normalized spacial score (nSPS) is 18.1. The quantitative estimate of drug-likeness (QED) is 0.694. The minimum Gasteiger partial charge on any atom is -0.493 e. The monoisotopic (exact) mass is 418 g/mol. The van der Waals surface area contributed by atoms with Gasteiger partial charge in [0.15, 0.2) is 0 Å². The number of hydrogen-bond acceptors (Lipinski definition) is 5. The zero-order valence-electron chi connectivity index (χ0n) is 17.3. The highest BCUT2D eigenvalue weighted by atomic mass is 16.5. The van der Waals surface area contributed by atoms with Crippen molar-refractivity contribution in [2.75, 3.05) is 6.61 Å². The van der Waals surface area contributed by atoms with Gasteiger partial charge in [-0.25, -0.2) is 9.78 Å². The van der Waals surface area contributed by atoms with E-state index in [-0.39, 0.29) is 17.2 Å². The van der Waals surface area contributed by atoms with E-state index in [1.165, 1.54) is 18.2 Å². The number of benzene rings is 2. The summed E-state index contributed by atoms with van der Waals surface area (Å²) in [5, 5.41) is 9.70. The lowest BCUT2D eigenvalue weighted by Gasteiger charge is -2.11. The van der Waals surface area contributed by atoms with Crippen molar-refractivity contribution in [2.24, 2.45) is 0 Å². The predicted molar refractivity (Wildman–Crippen MR) is 117 cm³/mol. The number of carboxylic acids is 1. The molecule has 0 spiro atoms. The van der Waals surface area contributed by atoms with E-state index in [2.05, 4.69) is 4.98 Å². The standard InChI is InChI=1S/C24H22N2O5/c1-3-30-20-11-16-8-13(2)31-21(16)12-17(20)9-14-6-7-26-22(14)25-19-10-15(24(28)29)4-5-18(19)23(26)27/h4-5,9-13H,3,6-8H2,1-2H3,(H,28,29). The first-order valence-corrected chi connectivity index (χ1v) is 10.4. The first-order chi connectivity index (χ1) is 14.9. The molecule has 0 bridgehead atoms. The van der Waals surface area contributed by atoms with E-state index < -0.39 is 5.97 Å². The highest BCUT2D eigenvalue weighted by molar-refractivity contribution is 5.93. The minimum absolute atomic E-state index is 0.108. The number of ether oxygens (including phenoxy) is 2. The van der Waals surface area contributed by atoms with Gasteiger partial charge in [0.1, 0.15) is 23.4 Å². The molecular weight excluding hydrogens is 396 g/mol. The van der Waals surface area contributed by atoms with Crippen LogP contribution in [0, 0.1) is 0 Å². The van der Waals surface area contributed by atoms with Crippen LogP contribution in [-0.4, -0.2) is 33.3 Å². The van der Waals surface area contributed by atoms with Gasteiger partial charge in [-0.05, 0) is 62.2 Å². The molecule has 7 nitrogen and oxygen atoms in total. The Bertz CT molecular complexity index is 1320. The van der Waals surface area contributed by atoms with E-state index in [9.17, 15) is 14.7 Å². The molecule has 1 unspecified atom stereocenters. The van der Waals surface area contributed by atoms with Gasteiger partial charge in [-0.15, -0.1) is 0 Å². The van der Waals surface area contributed by atoms with E-state index in [1.54, 1.807) is 4.57 Å². The highest BCUT2D eigenvalue weighted by Gasteiger charge is 2.24. The summed E-state index contributed by atoms with van der Waals surface area (Å²) in [6.07, 6.45) is 3.64. The van der Waals surface area contributed by atoms with Crippen molar-refractivity contribution in [3.63, 3.8) is 0 Å². The summed E-state index contributed by atoms with van der Waals surface area (Å²) in [6.45, 7) is 5.06. The maximum Gasteiger partial charge on any atom is 0.335 e. The average molecular weight is 418 g/mol. The molecule has 31 heavy (non-hydrogen) atoms. The van der Waals surface area contributed by atoms with Crippen LogP contribution in [0.2, 0.25) is 0 Å². The van der Waals surface area contributed by atoms with Gasteiger partial charge < -0.3 is 14.6 Å². The summed E-state index contributed by atoms with van der Waals surface area (Å²) in [5.41, 5.74) is 3.26. The molecular formula is C24H22N2O5. The van der Waals surface area contributed by atoms with Crippen molar-refractivity contribution in [1.82, 2.24) is 9.55 Å². The topological polar surface area (TPSA) is 90.7 Å². The Labute approximate surface area is 178 Å². The predicted octanol–water partition coefficient (Wildman–Crippen LogP) is 3.76. The molecule has 1 N–H and O–H groups in total. The summed E-state index contributed by atoms with van der Waals surface area (Å²) >= 11 is 0. The number of aromatic carboxylic acids is 1. The van der Waals surface area contributed by atoms with Crippen LogP contribution in [0.3, 0.4) is 0 Å². The van der Waals surface area contributed by atoms with Crippen LogP contribution >= 0.6 is 0 Å². The summed E-state index contributed by atoms with van der Waals surface area (Å²) in [7, 11) is 0. The van der Waals surface area contributed by atoms with Crippen LogP contribution < -0.4 is 15.0 Å². The van der Waals surface area contributed by atoms with Gasteiger partial charge in [-0.1, -0.05) is 0 Å². The van der Waals surface area contributed by atoms with Gasteiger partial charge in [0.2, 0.25) is 0 Å². The van der Waals surface area contributed by atoms with Crippen molar-refractivity contribution in [3.8, 4) is 11.5 Å². The zero-order chi connectivity index (χ0) is 21.7. The number of nitrogens with zero attached hydrogens (tertiary/aromatic N) is 2. The van der Waals surface area contributed by atoms with Gasteiger partial charge in [-0.2, -0.15) is 0 Å². The van der Waals surface area contributed by atoms with Crippen LogP contribution in [0.25, 0.3) is 22.6 Å². The Morgan fingerprint density at radius 1 is 1.35 bits per heavy atom. The Balaban J connectivity index is 1.64. The van der Waals surface area contributed by atoms with Gasteiger partial charge in [0.05, 0.1) is 23.1 Å². The molecule has 0 aliphatic carbocycles. The molecule has 1 atom stereocenters. The third-order valence-corrected chi connectivity index (χ3v) is 5.75. The summed E-state index contributed by atoms with van der Waals surface area (Å²) in [6, 6.07) is 8.44. The van der Waals surface area contributed by atoms with E-state index >= 15 is 0 Å². The van der Waals surface area contributed by atoms with Crippen molar-refractivity contribution in [1.29, 1.82) is 0 Å². The van der Waals surface area contributed by atoms with Crippen molar-refractivity contribution in [3.05, 3.63) is 63.2 Å². The molecule has 2 aliphatic heterocycles. The molecule has 158 valence electrons. The van der Waals surface area contributed by atoms with E-state index in [4.69, 9.17) is 9.47 Å². The number of carbonyl (C=O) groups is 1. The smallest absolute Gasteiger partial charge is 0.335 e. The van der Waals surface area contributed by atoms with Crippen LogP contribution in [0.5, 0.6) is 11.5 Å². The lowest BCUT2D eigenvalue weighted by Crippen LogP contribution is -2.21. The fourth-order valence-corrected chi connectivity index (χ4v) is 4.32. The molecule has 1 aromatic heterocycles. The van der Waals surface area contributed by atoms with E-state index in [0.717, 1.165) is 34.6 Å². The van der Waals surface area contributed by atoms with Gasteiger partial charge in [0.25, 0.3) is 5.56 Å². The Kier molecular flexibility index (Phi) is 4.54. The fraction of sp³-hybridized carbons (Fsp3) is 0.292. The third-order valence-electron chi connectivity index (χ3n) is 5.75. The molecule has 0 fully saturated rings. The third kappa shape index (κ3) is 3.26. The minimum atomic E-state index is -1.05. The first-order valence-electron chi connectivity index (χ1n) is 10.4. The van der Waals surface area contributed by atoms with Crippen LogP contribution in [0.1, 0.15) is 47.6 Å². The second-order valence-corrected chi connectivity index (χ2v) is 7.91. The lowest BCUT2D eigenvalue weighted by atomic mass is 10.0. The molecule has 3 heterocycles. The molecule has 0 amide bonds. The van der Waals surface area contributed by atoms with Gasteiger partial charge >= 0.3 is 5.97 Å². The first kappa shape index (κ1) is 19.4. The molecule has 3 aromatic rings. The Morgan fingerprint density at radius 3 is 2.97 bits per heavy atom. The lowest BCUT2D eigenvalue weighted by molar-refractivity contribution is 0.0697. The van der Waals surface area contributed by atoms with Crippen molar-refractivity contribution >= 4 is 28.5 Å². The summed E-state index contributed by atoms with van der Waals surface area (Å²) < 4.78 is 13.4. The van der Waals surface area contributed by atoms with Crippen molar-refractivity contribution in [2.45, 2.75) is 39.3 Å². The number of hydrogen-bond donors (Lipinski definition) is 1. The molecule has 0 saturated heterocycles. The number of rotatable bonds is 4. The molecule has 5 rings (SSSR count).